The molecular weight excluding hydrogens is 965 g/mol. The van der Waals surface area contributed by atoms with E-state index < -0.39 is 76.1 Å². The van der Waals surface area contributed by atoms with Gasteiger partial charge in [0.1, 0.15) is 18.7 Å². The third-order valence-electron chi connectivity index (χ3n) is 13.6. The first kappa shape index (κ1) is 59.6. The lowest BCUT2D eigenvalue weighted by Gasteiger charge is -2.41. The number of non-ortho nitro benzene ring substituents is 1. The molecule has 72 heavy (non-hydrogen) atoms. The fraction of sp³-hybridized carbons (Fsp3) is 0.647. The number of H-pyrrole nitrogens is 1. The fourth-order valence-corrected chi connectivity index (χ4v) is 11.3. The van der Waals surface area contributed by atoms with Crippen LogP contribution in [0.15, 0.2) is 53.7 Å². The van der Waals surface area contributed by atoms with Crippen LogP contribution in [0.3, 0.4) is 0 Å². The van der Waals surface area contributed by atoms with Gasteiger partial charge in [0.15, 0.2) is 5.16 Å². The van der Waals surface area contributed by atoms with E-state index in [1.54, 1.807) is 62.7 Å². The largest absolute Gasteiger partial charge is 0.448 e. The number of benzene rings is 2. The first-order chi connectivity index (χ1) is 33.9. The summed E-state index contributed by atoms with van der Waals surface area (Å²) in [5, 5.41) is 28.6. The number of hydrogen-bond acceptors (Lipinski definition) is 14. The number of aliphatic hydroxyl groups is 1. The van der Waals surface area contributed by atoms with Gasteiger partial charge in [0.25, 0.3) is 5.69 Å². The first-order valence-corrected chi connectivity index (χ1v) is 26.9. The predicted octanol–water partition coefficient (Wildman–Crippen LogP) is 7.38. The molecule has 0 unspecified atom stereocenters. The van der Waals surface area contributed by atoms with Gasteiger partial charge in [-0.3, -0.25) is 34.2 Å². The summed E-state index contributed by atoms with van der Waals surface area (Å²) in [6.07, 6.45) is -1.09. The molecule has 2 heterocycles. The number of likely N-dealkylation sites (tertiary alicyclic amines) is 1. The minimum atomic E-state index is -1.00. The van der Waals surface area contributed by atoms with Crippen LogP contribution < -0.4 is 10.6 Å². The second kappa shape index (κ2) is 26.8. The van der Waals surface area contributed by atoms with Gasteiger partial charge in [-0.2, -0.15) is 0 Å². The number of nitrogens with zero attached hydrogens (tertiary/aromatic N) is 5. The summed E-state index contributed by atoms with van der Waals surface area (Å²) in [6, 6.07) is 9.92. The number of aromatic nitrogens is 2. The third-order valence-corrected chi connectivity index (χ3v) is 16.7. The van der Waals surface area contributed by atoms with E-state index in [1.807, 2.05) is 59.7 Å². The Morgan fingerprint density at radius 2 is 1.62 bits per heavy atom. The van der Waals surface area contributed by atoms with Crippen molar-refractivity contribution in [3.05, 3.63) is 64.2 Å². The minimum absolute atomic E-state index is 0.0214. The number of amides is 5. The molecule has 0 spiro atoms. The molecule has 1 aliphatic rings. The van der Waals surface area contributed by atoms with Crippen molar-refractivity contribution < 1.29 is 48.2 Å². The van der Waals surface area contributed by atoms with Crippen molar-refractivity contribution in [1.82, 2.24) is 35.3 Å². The van der Waals surface area contributed by atoms with E-state index in [0.29, 0.717) is 47.6 Å². The number of likely N-dealkylation sites (N-methyl/N-ethyl adjacent to an activating group) is 2. The summed E-state index contributed by atoms with van der Waals surface area (Å²) in [4.78, 5) is 93.4. The van der Waals surface area contributed by atoms with Crippen molar-refractivity contribution in [2.75, 3.05) is 41.5 Å². The number of nitro benzene ring substituents is 1. The SMILES string of the molecule is CC[C@H](C)[C@@H]([C@@H](CC(=O)N1CCC[C@H]1[C@H](OC)[C@@H](C)C(=O)N[C@H](C)[C@@H](O)c1ccccc1)OC)N(C)C(=O)[C@@H](NC(=O)[C@H](C(C)C)N(C)C(=O)OCC(C)(C)SSc1nc2ccc([N+](=O)[O-])cc2[nH]1)C(C)C. The average Bonchev–Trinajstić information content (AvgIpc) is 4.01. The van der Waals surface area contributed by atoms with Crippen LogP contribution in [0.1, 0.15) is 107 Å². The molecule has 1 saturated heterocycles. The molecule has 0 bridgehead atoms. The molecule has 4 rings (SSSR count). The number of aromatic amines is 1. The normalized spacial score (nSPS) is 17.8. The lowest BCUT2D eigenvalue weighted by Crippen LogP contribution is -2.60. The van der Waals surface area contributed by atoms with Crippen molar-refractivity contribution in [1.29, 1.82) is 0 Å². The van der Waals surface area contributed by atoms with Gasteiger partial charge in [0.2, 0.25) is 23.6 Å². The zero-order valence-electron chi connectivity index (χ0n) is 44.4. The molecule has 0 radical (unpaired) electrons. The Balaban J connectivity index is 1.41. The molecule has 5 amide bonds. The Morgan fingerprint density at radius 1 is 0.958 bits per heavy atom. The number of nitro groups is 1. The second-order valence-electron chi connectivity index (χ2n) is 20.3. The van der Waals surface area contributed by atoms with Crippen LogP contribution in [0.4, 0.5) is 10.5 Å². The van der Waals surface area contributed by atoms with Gasteiger partial charge in [-0.1, -0.05) is 96.0 Å². The summed E-state index contributed by atoms with van der Waals surface area (Å²) in [5.74, 6) is -2.96. The van der Waals surface area contributed by atoms with Crippen LogP contribution in [-0.4, -0.2) is 153 Å². The number of carbonyl (C=O) groups excluding carboxylic acids is 5. The molecule has 3 aromatic rings. The van der Waals surface area contributed by atoms with Crippen LogP contribution in [-0.2, 0) is 33.4 Å². The third kappa shape index (κ3) is 15.3. The molecule has 1 fully saturated rings. The Labute approximate surface area is 432 Å². The van der Waals surface area contributed by atoms with Gasteiger partial charge in [0, 0.05) is 47.0 Å². The van der Waals surface area contributed by atoms with Gasteiger partial charge < -0.3 is 44.7 Å². The topological polar surface area (TPSA) is 239 Å². The molecule has 1 aliphatic heterocycles. The monoisotopic (exact) mass is 1040 g/mol. The number of hydrogen-bond donors (Lipinski definition) is 4. The fourth-order valence-electron chi connectivity index (χ4n) is 9.33. The van der Waals surface area contributed by atoms with Gasteiger partial charge >= 0.3 is 6.09 Å². The van der Waals surface area contributed by atoms with Crippen LogP contribution in [0.2, 0.25) is 0 Å². The van der Waals surface area contributed by atoms with Crippen molar-refractivity contribution in [2.24, 2.45) is 23.7 Å². The van der Waals surface area contributed by atoms with E-state index in [-0.39, 0.29) is 54.2 Å². The molecule has 10 atom stereocenters. The molecule has 4 N–H and O–H groups in total. The number of methoxy groups -OCH3 is 2. The van der Waals surface area contributed by atoms with Crippen LogP contribution in [0.5, 0.6) is 0 Å². The number of carbonyl (C=O) groups is 5. The summed E-state index contributed by atoms with van der Waals surface area (Å²) in [5.41, 5.74) is 1.74. The summed E-state index contributed by atoms with van der Waals surface area (Å²) in [7, 11) is 8.89. The van der Waals surface area contributed by atoms with E-state index in [0.717, 1.165) is 0 Å². The number of aliphatic hydroxyl groups excluding tert-OH is 1. The molecule has 0 saturated carbocycles. The quantitative estimate of drug-likeness (QED) is 0.0349. The standard InChI is InChI=1S/C51H78N8O11S2/c1-15-31(6)43(39(68-13)27-40(60)58-25-19-22-38(58)45(69-14)32(7)46(62)52-33(8)44(61)34-20-17-16-18-21-34)56(11)48(64)41(29(2)3)55-47(63)42(30(4)5)57(12)50(65)70-28-51(9,10)72-71-49-53-36-24-23-35(59(66)67)26-37(36)54-49/h16-18,20-21,23-24,26,29-33,38-39,41-45,61H,15,19,22,25,27-28H2,1-14H3,(H,52,62)(H,53,54)(H,55,63)/t31-,32+,33+,38-,39+,41-,42-,43-,44+,45+/m0/s1. The summed E-state index contributed by atoms with van der Waals surface area (Å²) < 4.78 is 17.2. The van der Waals surface area contributed by atoms with Gasteiger partial charge in [-0.15, -0.1) is 0 Å². The van der Waals surface area contributed by atoms with Gasteiger partial charge in [0.05, 0.1) is 69.5 Å². The molecule has 400 valence electrons. The highest BCUT2D eigenvalue weighted by atomic mass is 33.1. The van der Waals surface area contributed by atoms with E-state index in [9.17, 15) is 39.2 Å². The zero-order valence-corrected chi connectivity index (χ0v) is 46.0. The highest BCUT2D eigenvalue weighted by molar-refractivity contribution is 8.77. The van der Waals surface area contributed by atoms with Crippen LogP contribution in [0.25, 0.3) is 11.0 Å². The van der Waals surface area contributed by atoms with Gasteiger partial charge in [-0.25, -0.2) is 9.78 Å². The number of nitrogens with one attached hydrogen (secondary N) is 3. The molecule has 0 aliphatic carbocycles. The maximum absolute atomic E-state index is 14.7. The Hall–Kier alpha value is -4.96. The van der Waals surface area contributed by atoms with Crippen LogP contribution >= 0.6 is 21.6 Å². The summed E-state index contributed by atoms with van der Waals surface area (Å²) in [6.45, 7) is 19.0. The maximum Gasteiger partial charge on any atom is 0.410 e. The minimum Gasteiger partial charge on any atom is -0.448 e. The summed E-state index contributed by atoms with van der Waals surface area (Å²) >= 11 is 0. The molecule has 19 nitrogen and oxygen atoms in total. The van der Waals surface area contributed by atoms with Crippen molar-refractivity contribution >= 4 is 68.0 Å². The average molecular weight is 1040 g/mol. The van der Waals surface area contributed by atoms with Crippen molar-refractivity contribution in [3.8, 4) is 0 Å². The first-order valence-electron chi connectivity index (χ1n) is 24.7. The molecule has 1 aromatic heterocycles. The zero-order chi connectivity index (χ0) is 53.8. The predicted molar refractivity (Wildman–Crippen MR) is 280 cm³/mol. The Morgan fingerprint density at radius 3 is 2.21 bits per heavy atom. The molecular formula is C51H78N8O11S2. The Bertz CT molecular complexity index is 2300. The number of ether oxygens (including phenoxy) is 3. The van der Waals surface area contributed by atoms with E-state index in [2.05, 4.69) is 20.6 Å². The van der Waals surface area contributed by atoms with Crippen LogP contribution in [0, 0.1) is 33.8 Å². The number of rotatable bonds is 26. The molecule has 21 heteroatoms. The van der Waals surface area contributed by atoms with E-state index in [4.69, 9.17) is 14.2 Å². The lowest BCUT2D eigenvalue weighted by atomic mass is 9.89. The van der Waals surface area contributed by atoms with E-state index >= 15 is 0 Å². The second-order valence-corrected chi connectivity index (χ2v) is 23.1. The van der Waals surface area contributed by atoms with Crippen molar-refractivity contribution in [2.45, 2.75) is 153 Å². The lowest BCUT2D eigenvalue weighted by molar-refractivity contribution is -0.384. The van der Waals surface area contributed by atoms with Crippen molar-refractivity contribution in [3.63, 3.8) is 0 Å². The number of fused-ring (bicyclic) bond motifs is 1. The maximum atomic E-state index is 14.7. The number of imidazole rings is 1. The van der Waals surface area contributed by atoms with Gasteiger partial charge in [-0.05, 0) is 73.8 Å². The Kier molecular flexibility index (Phi) is 22.2. The highest BCUT2D eigenvalue weighted by Gasteiger charge is 2.44. The molecule has 2 aromatic carbocycles. The van der Waals surface area contributed by atoms with E-state index in [1.165, 1.54) is 59.9 Å². The smallest absolute Gasteiger partial charge is 0.410 e. The highest BCUT2D eigenvalue weighted by Crippen LogP contribution is 2.41.